The molecule has 1 aliphatic heterocycles. The van der Waals surface area contributed by atoms with Crippen LogP contribution in [0.25, 0.3) is 0 Å². The molecule has 3 rings (SSSR count). The van der Waals surface area contributed by atoms with Gasteiger partial charge in [-0.15, -0.1) is 13.2 Å². The Balaban J connectivity index is 2.14. The van der Waals surface area contributed by atoms with Crippen LogP contribution in [0.15, 0.2) is 42.5 Å². The summed E-state index contributed by atoms with van der Waals surface area (Å²) in [5.74, 6) is -2.24. The summed E-state index contributed by atoms with van der Waals surface area (Å²) in [6.45, 7) is 0. The average Bonchev–Trinajstić information content (AvgIpc) is 2.71. The van der Waals surface area contributed by atoms with E-state index in [0.717, 1.165) is 6.07 Å². The minimum atomic E-state index is -4.99. The van der Waals surface area contributed by atoms with Crippen molar-refractivity contribution in [3.05, 3.63) is 58.6 Å². The first-order chi connectivity index (χ1) is 10.8. The van der Waals surface area contributed by atoms with E-state index in [-0.39, 0.29) is 16.1 Å². The molecule has 0 aromatic heterocycles. The number of imide groups is 1. The fourth-order valence-corrected chi connectivity index (χ4v) is 2.56. The quantitative estimate of drug-likeness (QED) is 0.774. The number of anilines is 1. The van der Waals surface area contributed by atoms with E-state index in [1.54, 1.807) is 12.1 Å². The van der Waals surface area contributed by atoms with Crippen molar-refractivity contribution in [1.29, 1.82) is 0 Å². The fourth-order valence-electron chi connectivity index (χ4n) is 2.31. The maximum Gasteiger partial charge on any atom is 0.573 e. The first-order valence-electron chi connectivity index (χ1n) is 6.31. The van der Waals surface area contributed by atoms with Gasteiger partial charge in [-0.1, -0.05) is 29.8 Å². The van der Waals surface area contributed by atoms with Crippen LogP contribution < -0.4 is 9.64 Å². The Kier molecular flexibility index (Phi) is 3.52. The van der Waals surface area contributed by atoms with Crippen LogP contribution >= 0.6 is 11.6 Å². The van der Waals surface area contributed by atoms with Crippen molar-refractivity contribution in [2.45, 2.75) is 6.36 Å². The van der Waals surface area contributed by atoms with Gasteiger partial charge in [0.05, 0.1) is 16.1 Å². The van der Waals surface area contributed by atoms with Gasteiger partial charge < -0.3 is 4.74 Å². The van der Waals surface area contributed by atoms with E-state index in [0.29, 0.717) is 4.90 Å². The molecule has 2 amide bonds. The molecule has 0 radical (unpaired) electrons. The summed E-state index contributed by atoms with van der Waals surface area (Å²) in [5, 5.41) is -0.207. The number of rotatable bonds is 2. The van der Waals surface area contributed by atoms with Gasteiger partial charge in [0.25, 0.3) is 11.8 Å². The number of hydrogen-bond acceptors (Lipinski definition) is 3. The zero-order valence-electron chi connectivity index (χ0n) is 11.2. The maximum atomic E-state index is 12.5. The monoisotopic (exact) mass is 341 g/mol. The minimum absolute atomic E-state index is 0.0929. The largest absolute Gasteiger partial charge is 0.573 e. The Bertz CT molecular complexity index is 785. The Labute approximate surface area is 133 Å². The number of alkyl halides is 3. The second kappa shape index (κ2) is 5.27. The lowest BCUT2D eigenvalue weighted by molar-refractivity contribution is -0.274. The highest BCUT2D eigenvalue weighted by molar-refractivity contribution is 6.40. The van der Waals surface area contributed by atoms with E-state index in [9.17, 15) is 22.8 Å². The molecule has 0 spiro atoms. The van der Waals surface area contributed by atoms with Crippen molar-refractivity contribution in [2.24, 2.45) is 0 Å². The van der Waals surface area contributed by atoms with E-state index in [4.69, 9.17) is 11.6 Å². The van der Waals surface area contributed by atoms with Crippen molar-refractivity contribution in [3.63, 3.8) is 0 Å². The summed E-state index contributed by atoms with van der Waals surface area (Å²) in [4.78, 5) is 25.4. The van der Waals surface area contributed by atoms with Crippen LogP contribution in [-0.4, -0.2) is 18.2 Å². The highest BCUT2D eigenvalue weighted by Crippen LogP contribution is 2.41. The lowest BCUT2D eigenvalue weighted by Crippen LogP contribution is -2.31. The SMILES string of the molecule is O=C1c2ccccc2C(=O)N1c1c(Cl)cccc1OC(F)(F)F. The van der Waals surface area contributed by atoms with Gasteiger partial charge in [0.15, 0.2) is 5.75 Å². The number of carbonyl (C=O) groups excluding carboxylic acids is 2. The molecule has 2 aromatic carbocycles. The van der Waals surface area contributed by atoms with Gasteiger partial charge >= 0.3 is 6.36 Å². The minimum Gasteiger partial charge on any atom is -0.403 e. The van der Waals surface area contributed by atoms with E-state index in [2.05, 4.69) is 4.74 Å². The second-order valence-electron chi connectivity index (χ2n) is 4.63. The maximum absolute atomic E-state index is 12.5. The van der Waals surface area contributed by atoms with Crippen molar-refractivity contribution in [1.82, 2.24) is 0 Å². The summed E-state index contributed by atoms with van der Waals surface area (Å²) >= 11 is 5.92. The molecule has 1 aliphatic rings. The fraction of sp³-hybridized carbons (Fsp3) is 0.0667. The molecule has 8 heteroatoms. The van der Waals surface area contributed by atoms with E-state index in [1.165, 1.54) is 24.3 Å². The molecular weight excluding hydrogens is 335 g/mol. The first-order valence-corrected chi connectivity index (χ1v) is 6.69. The molecule has 0 aliphatic carbocycles. The second-order valence-corrected chi connectivity index (χ2v) is 5.03. The number of halogens is 4. The molecule has 0 bridgehead atoms. The van der Waals surface area contributed by atoms with Crippen LogP contribution in [0, 0.1) is 0 Å². The summed E-state index contributed by atoms with van der Waals surface area (Å²) in [7, 11) is 0. The van der Waals surface area contributed by atoms with Crippen LogP contribution in [0.3, 0.4) is 0 Å². The Morgan fingerprint density at radius 1 is 0.913 bits per heavy atom. The van der Waals surface area contributed by atoms with Gasteiger partial charge in [-0.25, -0.2) is 4.90 Å². The number of nitrogens with zero attached hydrogens (tertiary/aromatic N) is 1. The number of amides is 2. The number of benzene rings is 2. The normalized spacial score (nSPS) is 14.2. The van der Waals surface area contributed by atoms with Crippen LogP contribution in [0.4, 0.5) is 18.9 Å². The molecule has 118 valence electrons. The lowest BCUT2D eigenvalue weighted by atomic mass is 10.1. The predicted molar refractivity (Wildman–Crippen MR) is 75.7 cm³/mol. The summed E-state index contributed by atoms with van der Waals surface area (Å²) in [6, 6.07) is 9.40. The standard InChI is InChI=1S/C15H7ClF3NO3/c16-10-6-3-7-11(23-15(17,18)19)12(10)20-13(21)8-4-1-2-5-9(8)14(20)22/h1-7H. The lowest BCUT2D eigenvalue weighted by Gasteiger charge is -2.20. The van der Waals surface area contributed by atoms with Gasteiger partial charge in [-0.3, -0.25) is 9.59 Å². The summed E-state index contributed by atoms with van der Waals surface area (Å²) < 4.78 is 41.5. The number of hydrogen-bond donors (Lipinski definition) is 0. The third-order valence-corrected chi connectivity index (χ3v) is 3.50. The van der Waals surface area contributed by atoms with Gasteiger partial charge in [-0.2, -0.15) is 0 Å². The van der Waals surface area contributed by atoms with E-state index >= 15 is 0 Å². The summed E-state index contributed by atoms with van der Waals surface area (Å²) in [5.41, 5.74) is -0.247. The van der Waals surface area contributed by atoms with E-state index in [1.807, 2.05) is 0 Å². The molecule has 0 fully saturated rings. The Hall–Kier alpha value is -2.54. The van der Waals surface area contributed by atoms with Crippen LogP contribution in [-0.2, 0) is 0 Å². The van der Waals surface area contributed by atoms with Crippen LogP contribution in [0.2, 0.25) is 5.02 Å². The van der Waals surface area contributed by atoms with Crippen molar-refractivity contribution < 1.29 is 27.5 Å². The zero-order chi connectivity index (χ0) is 16.8. The molecular formula is C15H7ClF3NO3. The molecule has 0 atom stereocenters. The van der Waals surface area contributed by atoms with Crippen LogP contribution in [0.5, 0.6) is 5.75 Å². The Morgan fingerprint density at radius 2 is 1.48 bits per heavy atom. The molecule has 2 aromatic rings. The molecule has 23 heavy (non-hydrogen) atoms. The molecule has 1 heterocycles. The predicted octanol–water partition coefficient (Wildman–Crippen LogP) is 4.04. The molecule has 4 nitrogen and oxygen atoms in total. The number of carbonyl (C=O) groups is 2. The van der Waals surface area contributed by atoms with Crippen LogP contribution in [0.1, 0.15) is 20.7 Å². The first kappa shape index (κ1) is 15.4. The van der Waals surface area contributed by atoms with Crippen molar-refractivity contribution in [2.75, 3.05) is 4.90 Å². The molecule has 0 saturated carbocycles. The van der Waals surface area contributed by atoms with Crippen molar-refractivity contribution >= 4 is 29.1 Å². The number of fused-ring (bicyclic) bond motifs is 1. The van der Waals surface area contributed by atoms with Gasteiger partial charge in [-0.05, 0) is 24.3 Å². The van der Waals surface area contributed by atoms with E-state index < -0.39 is 29.6 Å². The van der Waals surface area contributed by atoms with Crippen molar-refractivity contribution in [3.8, 4) is 5.75 Å². The highest BCUT2D eigenvalue weighted by atomic mass is 35.5. The molecule has 0 N–H and O–H groups in total. The zero-order valence-corrected chi connectivity index (χ0v) is 12.0. The smallest absolute Gasteiger partial charge is 0.403 e. The average molecular weight is 342 g/mol. The topological polar surface area (TPSA) is 46.6 Å². The molecule has 0 saturated heterocycles. The van der Waals surface area contributed by atoms with Gasteiger partial charge in [0.1, 0.15) is 5.69 Å². The van der Waals surface area contributed by atoms with Gasteiger partial charge in [0, 0.05) is 0 Å². The third-order valence-electron chi connectivity index (χ3n) is 3.19. The molecule has 0 unspecified atom stereocenters. The highest BCUT2D eigenvalue weighted by Gasteiger charge is 2.41. The van der Waals surface area contributed by atoms with Gasteiger partial charge in [0.2, 0.25) is 0 Å². The summed E-state index contributed by atoms with van der Waals surface area (Å²) in [6.07, 6.45) is -4.99. The third kappa shape index (κ3) is 2.63. The number of para-hydroxylation sites is 1. The number of ether oxygens (including phenoxy) is 1. The Morgan fingerprint density at radius 3 is 2.00 bits per heavy atom.